The number of ether oxygens (including phenoxy) is 1. The maximum absolute atomic E-state index is 12.6. The van der Waals surface area contributed by atoms with Crippen LogP contribution in [0.25, 0.3) is 0 Å². The second-order valence-electron chi connectivity index (χ2n) is 5.77. The average Bonchev–Trinajstić information content (AvgIpc) is 2.55. The number of pyridine rings is 1. The Morgan fingerprint density at radius 2 is 1.87 bits per heavy atom. The van der Waals surface area contributed by atoms with Gasteiger partial charge in [-0.15, -0.1) is 0 Å². The first kappa shape index (κ1) is 15.8. The SMILES string of the molecule is CC1(c2ccccc2)CN(c2ccc(C(F)(F)F)cn2)CCO1. The Morgan fingerprint density at radius 1 is 1.13 bits per heavy atom. The smallest absolute Gasteiger partial charge is 0.367 e. The van der Waals surface area contributed by atoms with Crippen molar-refractivity contribution in [1.82, 2.24) is 4.98 Å². The van der Waals surface area contributed by atoms with Crippen molar-refractivity contribution in [3.05, 3.63) is 59.8 Å². The first-order chi connectivity index (χ1) is 10.9. The molecular weight excluding hydrogens is 305 g/mol. The Balaban J connectivity index is 1.81. The molecule has 1 saturated heterocycles. The van der Waals surface area contributed by atoms with E-state index < -0.39 is 17.3 Å². The van der Waals surface area contributed by atoms with Crippen LogP contribution in [0.3, 0.4) is 0 Å². The number of anilines is 1. The van der Waals surface area contributed by atoms with Crippen LogP contribution < -0.4 is 4.90 Å². The van der Waals surface area contributed by atoms with Gasteiger partial charge in [0.25, 0.3) is 0 Å². The highest BCUT2D eigenvalue weighted by atomic mass is 19.4. The van der Waals surface area contributed by atoms with E-state index in [4.69, 9.17) is 4.74 Å². The summed E-state index contributed by atoms with van der Waals surface area (Å²) >= 11 is 0. The lowest BCUT2D eigenvalue weighted by atomic mass is 9.94. The van der Waals surface area contributed by atoms with Crippen LogP contribution in [0.5, 0.6) is 0 Å². The molecule has 122 valence electrons. The number of alkyl halides is 3. The van der Waals surface area contributed by atoms with Crippen LogP contribution in [0, 0.1) is 0 Å². The molecule has 1 aliphatic rings. The van der Waals surface area contributed by atoms with Gasteiger partial charge in [-0.2, -0.15) is 13.2 Å². The van der Waals surface area contributed by atoms with Gasteiger partial charge in [0.2, 0.25) is 0 Å². The van der Waals surface area contributed by atoms with Crippen molar-refractivity contribution in [2.75, 3.05) is 24.6 Å². The normalized spacial score (nSPS) is 22.2. The lowest BCUT2D eigenvalue weighted by Crippen LogP contribution is -2.48. The molecule has 2 heterocycles. The van der Waals surface area contributed by atoms with E-state index in [1.54, 1.807) is 0 Å². The first-order valence-electron chi connectivity index (χ1n) is 7.36. The molecule has 1 unspecified atom stereocenters. The van der Waals surface area contributed by atoms with Crippen molar-refractivity contribution in [2.45, 2.75) is 18.7 Å². The van der Waals surface area contributed by atoms with E-state index in [1.165, 1.54) is 6.07 Å². The van der Waals surface area contributed by atoms with Gasteiger partial charge in [-0.05, 0) is 24.6 Å². The average molecular weight is 322 g/mol. The second-order valence-corrected chi connectivity index (χ2v) is 5.77. The van der Waals surface area contributed by atoms with Gasteiger partial charge in [-0.25, -0.2) is 4.98 Å². The fraction of sp³-hybridized carbons (Fsp3) is 0.353. The van der Waals surface area contributed by atoms with Crippen LogP contribution in [0.15, 0.2) is 48.7 Å². The zero-order chi connectivity index (χ0) is 16.5. The van der Waals surface area contributed by atoms with Gasteiger partial charge < -0.3 is 9.64 Å². The Morgan fingerprint density at radius 3 is 2.48 bits per heavy atom. The molecule has 0 aliphatic carbocycles. The molecule has 0 bridgehead atoms. The third-order valence-electron chi connectivity index (χ3n) is 4.06. The van der Waals surface area contributed by atoms with Crippen molar-refractivity contribution in [3.8, 4) is 0 Å². The van der Waals surface area contributed by atoms with Gasteiger partial charge in [0, 0.05) is 12.7 Å². The zero-order valence-corrected chi connectivity index (χ0v) is 12.7. The van der Waals surface area contributed by atoms with Crippen LogP contribution in [0.4, 0.5) is 19.0 Å². The molecule has 1 fully saturated rings. The summed E-state index contributed by atoms with van der Waals surface area (Å²) in [6.45, 7) is 3.61. The minimum Gasteiger partial charge on any atom is -0.367 e. The number of hydrogen-bond acceptors (Lipinski definition) is 3. The number of benzene rings is 1. The van der Waals surface area contributed by atoms with Crippen molar-refractivity contribution in [2.24, 2.45) is 0 Å². The third-order valence-corrected chi connectivity index (χ3v) is 4.06. The molecule has 2 aromatic rings. The van der Waals surface area contributed by atoms with Crippen molar-refractivity contribution < 1.29 is 17.9 Å². The maximum atomic E-state index is 12.6. The third kappa shape index (κ3) is 3.32. The molecule has 0 N–H and O–H groups in total. The largest absolute Gasteiger partial charge is 0.417 e. The molecule has 1 atom stereocenters. The quantitative estimate of drug-likeness (QED) is 0.840. The summed E-state index contributed by atoms with van der Waals surface area (Å²) in [5, 5.41) is 0. The molecule has 1 aliphatic heterocycles. The molecule has 0 saturated carbocycles. The highest BCUT2D eigenvalue weighted by Gasteiger charge is 2.35. The predicted octanol–water partition coefficient (Wildman–Crippen LogP) is 3.85. The first-order valence-corrected chi connectivity index (χ1v) is 7.36. The number of aromatic nitrogens is 1. The molecule has 0 amide bonds. The lowest BCUT2D eigenvalue weighted by Gasteiger charge is -2.41. The van der Waals surface area contributed by atoms with E-state index in [2.05, 4.69) is 4.98 Å². The Hall–Kier alpha value is -2.08. The van der Waals surface area contributed by atoms with Crippen molar-refractivity contribution in [1.29, 1.82) is 0 Å². The number of halogens is 3. The Bertz CT molecular complexity index is 658. The summed E-state index contributed by atoms with van der Waals surface area (Å²) in [5.41, 5.74) is -0.207. The molecule has 23 heavy (non-hydrogen) atoms. The van der Waals surface area contributed by atoms with E-state index in [-0.39, 0.29) is 0 Å². The molecule has 6 heteroatoms. The molecule has 0 radical (unpaired) electrons. The van der Waals surface area contributed by atoms with E-state index >= 15 is 0 Å². The predicted molar refractivity (Wildman–Crippen MR) is 81.2 cm³/mol. The van der Waals surface area contributed by atoms with Gasteiger partial charge in [-0.1, -0.05) is 30.3 Å². The van der Waals surface area contributed by atoms with Crippen molar-refractivity contribution in [3.63, 3.8) is 0 Å². The molecule has 3 rings (SSSR count). The standard InChI is InChI=1S/C17H17F3N2O/c1-16(13-5-3-2-4-6-13)12-22(9-10-23-16)15-8-7-14(11-21-15)17(18,19)20/h2-8,11H,9-10,12H2,1H3. The van der Waals surface area contributed by atoms with Gasteiger partial charge >= 0.3 is 6.18 Å². The lowest BCUT2D eigenvalue weighted by molar-refractivity contribution is -0.137. The topological polar surface area (TPSA) is 25.4 Å². The van der Waals surface area contributed by atoms with E-state index in [0.29, 0.717) is 25.5 Å². The fourth-order valence-corrected chi connectivity index (χ4v) is 2.77. The van der Waals surface area contributed by atoms with Gasteiger partial charge in [0.15, 0.2) is 0 Å². The molecule has 3 nitrogen and oxygen atoms in total. The monoisotopic (exact) mass is 322 g/mol. The molecular formula is C17H17F3N2O. The minimum atomic E-state index is -4.37. The second kappa shape index (κ2) is 5.85. The van der Waals surface area contributed by atoms with Crippen LogP contribution in [-0.2, 0) is 16.5 Å². The summed E-state index contributed by atoms with van der Waals surface area (Å²) < 4.78 is 43.8. The number of rotatable bonds is 2. The van der Waals surface area contributed by atoms with Gasteiger partial charge in [0.05, 0.1) is 18.7 Å². The number of nitrogens with zero attached hydrogens (tertiary/aromatic N) is 2. The van der Waals surface area contributed by atoms with Crippen molar-refractivity contribution >= 4 is 5.82 Å². The zero-order valence-electron chi connectivity index (χ0n) is 12.7. The minimum absolute atomic E-state index is 0.494. The van der Waals surface area contributed by atoms with E-state index in [1.807, 2.05) is 42.2 Å². The Kier molecular flexibility index (Phi) is 4.02. The summed E-state index contributed by atoms with van der Waals surface area (Å²) in [6.07, 6.45) is -3.49. The Labute approximate surface area is 132 Å². The fourth-order valence-electron chi connectivity index (χ4n) is 2.77. The maximum Gasteiger partial charge on any atom is 0.417 e. The summed E-state index contributed by atoms with van der Waals surface area (Å²) in [5.74, 6) is 0.531. The highest BCUT2D eigenvalue weighted by Crippen LogP contribution is 2.33. The number of hydrogen-bond donors (Lipinski definition) is 0. The van der Waals surface area contributed by atoms with Crippen LogP contribution in [0.2, 0.25) is 0 Å². The van der Waals surface area contributed by atoms with Crippen LogP contribution in [0.1, 0.15) is 18.1 Å². The number of morpholine rings is 1. The molecule has 1 aromatic heterocycles. The summed E-state index contributed by atoms with van der Waals surface area (Å²) in [6, 6.07) is 12.3. The molecule has 0 spiro atoms. The van der Waals surface area contributed by atoms with Crippen LogP contribution in [-0.4, -0.2) is 24.7 Å². The van der Waals surface area contributed by atoms with Gasteiger partial charge in [-0.3, -0.25) is 0 Å². The van der Waals surface area contributed by atoms with E-state index in [0.717, 1.165) is 17.8 Å². The highest BCUT2D eigenvalue weighted by molar-refractivity contribution is 5.42. The van der Waals surface area contributed by atoms with E-state index in [9.17, 15) is 13.2 Å². The van der Waals surface area contributed by atoms with Crippen LogP contribution >= 0.6 is 0 Å². The summed E-state index contributed by atoms with van der Waals surface area (Å²) in [7, 11) is 0. The van der Waals surface area contributed by atoms with Gasteiger partial charge in [0.1, 0.15) is 11.4 Å². The molecule has 1 aromatic carbocycles. The summed E-state index contributed by atoms with van der Waals surface area (Å²) in [4.78, 5) is 5.93.